The van der Waals surface area contributed by atoms with E-state index >= 15 is 0 Å². The summed E-state index contributed by atoms with van der Waals surface area (Å²) < 4.78 is 10.6. The van der Waals surface area contributed by atoms with Crippen molar-refractivity contribution in [2.45, 2.75) is 6.61 Å². The highest BCUT2D eigenvalue weighted by Gasteiger charge is 2.14. The van der Waals surface area contributed by atoms with E-state index in [1.807, 2.05) is 17.5 Å². The zero-order valence-electron chi connectivity index (χ0n) is 10.0. The Morgan fingerprint density at radius 3 is 2.65 bits per heavy atom. The topological polar surface area (TPSA) is 48.2 Å². The van der Waals surface area contributed by atoms with Gasteiger partial charge in [-0.25, -0.2) is 0 Å². The quantitative estimate of drug-likeness (QED) is 0.698. The first-order chi connectivity index (χ1) is 9.72. The van der Waals surface area contributed by atoms with Gasteiger partial charge in [-0.2, -0.15) is 4.98 Å². The minimum Gasteiger partial charge on any atom is -0.457 e. The highest BCUT2D eigenvalue weighted by atomic mass is 35.5. The molecule has 1 aromatic carbocycles. The first kappa shape index (κ1) is 13.4. The van der Waals surface area contributed by atoms with Gasteiger partial charge in [-0.3, -0.25) is 0 Å². The molecule has 102 valence electrons. The number of nitrogens with zero attached hydrogens (tertiary/aromatic N) is 2. The SMILES string of the molecule is Clc1ccc(COc2noc(-c3sccc3Cl)n2)cc1. The number of ether oxygens (including phenoxy) is 1. The third-order valence-electron chi connectivity index (χ3n) is 2.50. The Kier molecular flexibility index (Phi) is 3.91. The summed E-state index contributed by atoms with van der Waals surface area (Å²) in [5, 5.41) is 6.89. The second-order valence-corrected chi connectivity index (χ2v) is 5.65. The minimum atomic E-state index is 0.180. The van der Waals surface area contributed by atoms with Gasteiger partial charge in [-0.1, -0.05) is 35.3 Å². The molecule has 2 aromatic heterocycles. The largest absolute Gasteiger partial charge is 0.457 e. The zero-order chi connectivity index (χ0) is 13.9. The number of hydrogen-bond donors (Lipinski definition) is 0. The monoisotopic (exact) mass is 326 g/mol. The first-order valence-electron chi connectivity index (χ1n) is 5.67. The Hall–Kier alpha value is -1.56. The molecule has 2 heterocycles. The molecule has 0 aliphatic rings. The zero-order valence-corrected chi connectivity index (χ0v) is 12.4. The van der Waals surface area contributed by atoms with Gasteiger partial charge in [0.15, 0.2) is 0 Å². The lowest BCUT2D eigenvalue weighted by Crippen LogP contribution is -1.96. The summed E-state index contributed by atoms with van der Waals surface area (Å²) in [5.41, 5.74) is 0.968. The van der Waals surface area contributed by atoms with Crippen LogP contribution in [0.25, 0.3) is 10.8 Å². The molecule has 4 nitrogen and oxygen atoms in total. The Labute approximate surface area is 128 Å². The molecule has 3 rings (SSSR count). The molecule has 0 atom stereocenters. The molecule has 0 fully saturated rings. The standard InChI is InChI=1S/C13H8Cl2N2O2S/c14-9-3-1-8(2-4-9)7-18-13-16-12(19-17-13)11-10(15)5-6-20-11/h1-6H,7H2. The first-order valence-corrected chi connectivity index (χ1v) is 7.30. The van der Waals surface area contributed by atoms with Crippen molar-refractivity contribution in [2.75, 3.05) is 0 Å². The highest BCUT2D eigenvalue weighted by Crippen LogP contribution is 2.32. The molecule has 0 radical (unpaired) electrons. The third-order valence-corrected chi connectivity index (χ3v) is 4.08. The van der Waals surface area contributed by atoms with Crippen LogP contribution < -0.4 is 4.74 Å². The van der Waals surface area contributed by atoms with E-state index in [1.54, 1.807) is 18.2 Å². The van der Waals surface area contributed by atoms with Gasteiger partial charge < -0.3 is 9.26 Å². The van der Waals surface area contributed by atoms with Crippen LogP contribution in [0.4, 0.5) is 0 Å². The van der Waals surface area contributed by atoms with E-state index in [1.165, 1.54) is 11.3 Å². The van der Waals surface area contributed by atoms with Crippen LogP contribution in [0.5, 0.6) is 6.01 Å². The fourth-order valence-electron chi connectivity index (χ4n) is 1.54. The molecule has 0 saturated heterocycles. The molecule has 0 amide bonds. The summed E-state index contributed by atoms with van der Waals surface area (Å²) in [6, 6.07) is 9.30. The van der Waals surface area contributed by atoms with Crippen LogP contribution in [0.15, 0.2) is 40.2 Å². The number of benzene rings is 1. The van der Waals surface area contributed by atoms with Crippen molar-refractivity contribution in [1.82, 2.24) is 10.1 Å². The molecule has 0 aliphatic heterocycles. The van der Waals surface area contributed by atoms with Gasteiger partial charge in [0.05, 0.1) is 5.02 Å². The van der Waals surface area contributed by atoms with Gasteiger partial charge in [0.2, 0.25) is 0 Å². The third kappa shape index (κ3) is 2.95. The van der Waals surface area contributed by atoms with Gasteiger partial charge >= 0.3 is 6.01 Å². The molecular weight excluding hydrogens is 319 g/mol. The number of rotatable bonds is 4. The number of hydrogen-bond acceptors (Lipinski definition) is 5. The van der Waals surface area contributed by atoms with Crippen molar-refractivity contribution in [2.24, 2.45) is 0 Å². The number of thiophene rings is 1. The molecule has 0 aliphatic carbocycles. The van der Waals surface area contributed by atoms with Crippen LogP contribution in [0, 0.1) is 0 Å². The highest BCUT2D eigenvalue weighted by molar-refractivity contribution is 7.14. The Balaban J connectivity index is 1.69. The molecule has 3 aromatic rings. The lowest BCUT2D eigenvalue weighted by molar-refractivity contribution is 0.264. The van der Waals surface area contributed by atoms with Crippen molar-refractivity contribution >= 4 is 34.5 Å². The summed E-state index contributed by atoms with van der Waals surface area (Å²) in [6.07, 6.45) is 0. The summed E-state index contributed by atoms with van der Waals surface area (Å²) in [5.74, 6) is 0.358. The molecule has 0 N–H and O–H groups in total. The predicted octanol–water partition coefficient (Wildman–Crippen LogP) is 4.68. The van der Waals surface area contributed by atoms with E-state index in [9.17, 15) is 0 Å². The minimum absolute atomic E-state index is 0.180. The smallest absolute Gasteiger partial charge is 0.354 e. The summed E-state index contributed by atoms with van der Waals surface area (Å²) in [6.45, 7) is 0.342. The van der Waals surface area contributed by atoms with Gasteiger partial charge in [-0.05, 0) is 34.3 Å². The molecule has 0 unspecified atom stereocenters. The Morgan fingerprint density at radius 2 is 1.95 bits per heavy atom. The maximum Gasteiger partial charge on any atom is 0.354 e. The molecule has 0 spiro atoms. The van der Waals surface area contributed by atoms with Crippen molar-refractivity contribution in [1.29, 1.82) is 0 Å². The molecule has 0 saturated carbocycles. The van der Waals surface area contributed by atoms with Crippen LogP contribution in [0.2, 0.25) is 10.0 Å². The Bertz CT molecular complexity index is 709. The summed E-state index contributed by atoms with van der Waals surface area (Å²) >= 11 is 13.2. The van der Waals surface area contributed by atoms with Gasteiger partial charge in [0, 0.05) is 5.02 Å². The maximum absolute atomic E-state index is 6.00. The van der Waals surface area contributed by atoms with E-state index in [2.05, 4.69) is 10.1 Å². The molecule has 20 heavy (non-hydrogen) atoms. The van der Waals surface area contributed by atoms with Crippen molar-refractivity contribution in [3.8, 4) is 16.8 Å². The predicted molar refractivity (Wildman–Crippen MR) is 78.4 cm³/mol. The lowest BCUT2D eigenvalue weighted by atomic mass is 10.2. The van der Waals surface area contributed by atoms with Gasteiger partial charge in [0.25, 0.3) is 5.89 Å². The average molecular weight is 327 g/mol. The van der Waals surface area contributed by atoms with E-state index in [0.717, 1.165) is 10.4 Å². The van der Waals surface area contributed by atoms with Crippen molar-refractivity contribution in [3.63, 3.8) is 0 Å². The maximum atomic E-state index is 6.00. The fraction of sp³-hybridized carbons (Fsp3) is 0.0769. The van der Waals surface area contributed by atoms with E-state index in [-0.39, 0.29) is 6.01 Å². The van der Waals surface area contributed by atoms with Crippen molar-refractivity contribution in [3.05, 3.63) is 51.3 Å². The van der Waals surface area contributed by atoms with E-state index in [0.29, 0.717) is 22.5 Å². The molecule has 0 bridgehead atoms. The molecular formula is C13H8Cl2N2O2S. The Morgan fingerprint density at radius 1 is 1.15 bits per heavy atom. The molecule has 7 heteroatoms. The summed E-state index contributed by atoms with van der Waals surface area (Å²) in [7, 11) is 0. The van der Waals surface area contributed by atoms with Crippen molar-refractivity contribution < 1.29 is 9.26 Å². The number of halogens is 2. The average Bonchev–Trinajstić information content (AvgIpc) is 3.06. The summed E-state index contributed by atoms with van der Waals surface area (Å²) in [4.78, 5) is 4.88. The van der Waals surface area contributed by atoms with Crippen LogP contribution >= 0.6 is 34.5 Å². The van der Waals surface area contributed by atoms with Crippen LogP contribution in [0.1, 0.15) is 5.56 Å². The van der Waals surface area contributed by atoms with Gasteiger partial charge in [0.1, 0.15) is 11.5 Å². The second kappa shape index (κ2) is 5.83. The van der Waals surface area contributed by atoms with Gasteiger partial charge in [-0.15, -0.1) is 11.3 Å². The number of aromatic nitrogens is 2. The van der Waals surface area contributed by atoms with E-state index < -0.39 is 0 Å². The lowest BCUT2D eigenvalue weighted by Gasteiger charge is -2.00. The fourth-order valence-corrected chi connectivity index (χ4v) is 2.72. The van der Waals surface area contributed by atoms with Crippen LogP contribution in [-0.4, -0.2) is 10.1 Å². The normalized spacial score (nSPS) is 10.7. The van der Waals surface area contributed by atoms with Crippen LogP contribution in [0.3, 0.4) is 0 Å². The van der Waals surface area contributed by atoms with E-state index in [4.69, 9.17) is 32.5 Å². The van der Waals surface area contributed by atoms with Crippen LogP contribution in [-0.2, 0) is 6.61 Å². The second-order valence-electron chi connectivity index (χ2n) is 3.89.